The summed E-state index contributed by atoms with van der Waals surface area (Å²) in [6.45, 7) is 0.101. The summed E-state index contributed by atoms with van der Waals surface area (Å²) in [6, 6.07) is 20.8. The molecule has 3 aromatic carbocycles. The zero-order chi connectivity index (χ0) is 25.3. The van der Waals surface area contributed by atoms with E-state index in [2.05, 4.69) is 5.32 Å². The van der Waals surface area contributed by atoms with Crippen LogP contribution in [-0.2, 0) is 27.8 Å². The predicted octanol–water partition coefficient (Wildman–Crippen LogP) is 3.26. The van der Waals surface area contributed by atoms with Gasteiger partial charge < -0.3 is 19.5 Å². The van der Waals surface area contributed by atoms with E-state index in [9.17, 15) is 13.2 Å². The minimum Gasteiger partial charge on any atom is -0.497 e. The lowest BCUT2D eigenvalue weighted by Crippen LogP contribution is -2.40. The van der Waals surface area contributed by atoms with E-state index < -0.39 is 15.9 Å². The van der Waals surface area contributed by atoms with Gasteiger partial charge in [0.1, 0.15) is 5.75 Å². The SMILES string of the molecule is COc1ccc(S(=O)(=O)N(CC(=O)NCCc2ccc(OC)c(OC)c2)Cc2ccccc2)cc1. The highest BCUT2D eigenvalue weighted by atomic mass is 32.2. The van der Waals surface area contributed by atoms with Crippen LogP contribution in [0.25, 0.3) is 0 Å². The van der Waals surface area contributed by atoms with Crippen molar-refractivity contribution in [2.24, 2.45) is 0 Å². The molecule has 3 aromatic rings. The second kappa shape index (κ2) is 12.2. The van der Waals surface area contributed by atoms with Crippen LogP contribution in [-0.4, -0.2) is 53.0 Å². The molecule has 1 N–H and O–H groups in total. The molecule has 186 valence electrons. The first-order chi connectivity index (χ1) is 16.9. The van der Waals surface area contributed by atoms with Crippen LogP contribution in [0.2, 0.25) is 0 Å². The third-order valence-electron chi connectivity index (χ3n) is 5.40. The Labute approximate surface area is 206 Å². The number of nitrogens with zero attached hydrogens (tertiary/aromatic N) is 1. The summed E-state index contributed by atoms with van der Waals surface area (Å²) in [7, 11) is 0.717. The Morgan fingerprint density at radius 3 is 2.14 bits per heavy atom. The number of rotatable bonds is 12. The van der Waals surface area contributed by atoms with E-state index in [0.29, 0.717) is 30.2 Å². The molecule has 0 fully saturated rings. The number of hydrogen-bond donors (Lipinski definition) is 1. The first-order valence-corrected chi connectivity index (χ1v) is 12.5. The Hall–Kier alpha value is -3.56. The topological polar surface area (TPSA) is 94.2 Å². The fourth-order valence-electron chi connectivity index (χ4n) is 3.51. The molecule has 0 atom stereocenters. The molecule has 35 heavy (non-hydrogen) atoms. The van der Waals surface area contributed by atoms with Crippen LogP contribution in [0.1, 0.15) is 11.1 Å². The van der Waals surface area contributed by atoms with Gasteiger partial charge in [0.05, 0.1) is 32.8 Å². The van der Waals surface area contributed by atoms with Crippen LogP contribution in [0.4, 0.5) is 0 Å². The Morgan fingerprint density at radius 2 is 1.51 bits per heavy atom. The number of amides is 1. The number of carbonyl (C=O) groups excluding carboxylic acids is 1. The van der Waals surface area contributed by atoms with Gasteiger partial charge in [-0.3, -0.25) is 4.79 Å². The lowest BCUT2D eigenvalue weighted by atomic mass is 10.1. The van der Waals surface area contributed by atoms with Crippen molar-refractivity contribution in [3.8, 4) is 17.2 Å². The van der Waals surface area contributed by atoms with E-state index in [1.165, 1.54) is 23.5 Å². The molecule has 0 spiro atoms. The molecule has 0 bridgehead atoms. The molecule has 0 radical (unpaired) electrons. The smallest absolute Gasteiger partial charge is 0.243 e. The summed E-state index contributed by atoms with van der Waals surface area (Å²) in [5.41, 5.74) is 1.73. The fourth-order valence-corrected chi connectivity index (χ4v) is 4.89. The van der Waals surface area contributed by atoms with Crippen molar-refractivity contribution in [1.29, 1.82) is 0 Å². The maximum atomic E-state index is 13.4. The minimum atomic E-state index is -3.93. The van der Waals surface area contributed by atoms with Crippen LogP contribution in [0.3, 0.4) is 0 Å². The molecule has 0 aliphatic rings. The van der Waals surface area contributed by atoms with Crippen molar-refractivity contribution in [3.63, 3.8) is 0 Å². The molecular formula is C26H30N2O6S. The maximum Gasteiger partial charge on any atom is 0.243 e. The summed E-state index contributed by atoms with van der Waals surface area (Å²) in [5.74, 6) is 1.39. The lowest BCUT2D eigenvalue weighted by Gasteiger charge is -2.22. The summed E-state index contributed by atoms with van der Waals surface area (Å²) in [5, 5.41) is 2.82. The van der Waals surface area contributed by atoms with Gasteiger partial charge in [-0.25, -0.2) is 8.42 Å². The molecule has 0 unspecified atom stereocenters. The van der Waals surface area contributed by atoms with Gasteiger partial charge in [0.25, 0.3) is 0 Å². The van der Waals surface area contributed by atoms with Crippen molar-refractivity contribution in [2.75, 3.05) is 34.4 Å². The highest BCUT2D eigenvalue weighted by Crippen LogP contribution is 2.27. The van der Waals surface area contributed by atoms with Gasteiger partial charge in [-0.05, 0) is 53.9 Å². The third kappa shape index (κ3) is 6.97. The first-order valence-electron chi connectivity index (χ1n) is 11.0. The van der Waals surface area contributed by atoms with E-state index in [1.807, 2.05) is 42.5 Å². The largest absolute Gasteiger partial charge is 0.497 e. The van der Waals surface area contributed by atoms with Crippen LogP contribution < -0.4 is 19.5 Å². The van der Waals surface area contributed by atoms with Crippen molar-refractivity contribution in [2.45, 2.75) is 17.9 Å². The Bertz CT molecular complexity index is 1210. The van der Waals surface area contributed by atoms with Crippen LogP contribution in [0.5, 0.6) is 17.2 Å². The first kappa shape index (κ1) is 26.1. The minimum absolute atomic E-state index is 0.0678. The second-order valence-corrected chi connectivity index (χ2v) is 9.66. The van der Waals surface area contributed by atoms with Crippen molar-refractivity contribution in [3.05, 3.63) is 83.9 Å². The molecule has 0 heterocycles. The molecule has 0 saturated heterocycles. The van der Waals surface area contributed by atoms with Gasteiger partial charge in [-0.2, -0.15) is 4.31 Å². The zero-order valence-corrected chi connectivity index (χ0v) is 20.9. The van der Waals surface area contributed by atoms with Crippen LogP contribution >= 0.6 is 0 Å². The number of benzene rings is 3. The maximum absolute atomic E-state index is 13.4. The number of sulfonamides is 1. The molecule has 8 nitrogen and oxygen atoms in total. The van der Waals surface area contributed by atoms with Crippen molar-refractivity contribution in [1.82, 2.24) is 9.62 Å². The van der Waals surface area contributed by atoms with E-state index >= 15 is 0 Å². The molecule has 0 aliphatic carbocycles. The standard InChI is InChI=1S/C26H30N2O6S/c1-32-22-10-12-23(13-11-22)35(30,31)28(18-21-7-5-4-6-8-21)19-26(29)27-16-15-20-9-14-24(33-2)25(17-20)34-3/h4-14,17H,15-16,18-19H2,1-3H3,(H,27,29). The van der Waals surface area contributed by atoms with Crippen LogP contribution in [0.15, 0.2) is 77.7 Å². The van der Waals surface area contributed by atoms with Crippen molar-refractivity contribution >= 4 is 15.9 Å². The molecule has 0 aliphatic heterocycles. The van der Waals surface area contributed by atoms with Crippen molar-refractivity contribution < 1.29 is 27.4 Å². The summed E-state index contributed by atoms with van der Waals surface area (Å²) < 4.78 is 43.6. The van der Waals surface area contributed by atoms with E-state index in [-0.39, 0.29) is 18.0 Å². The van der Waals surface area contributed by atoms with Gasteiger partial charge in [0, 0.05) is 13.1 Å². The van der Waals surface area contributed by atoms with Gasteiger partial charge in [0.15, 0.2) is 11.5 Å². The number of ether oxygens (including phenoxy) is 3. The average molecular weight is 499 g/mol. The van der Waals surface area contributed by atoms with E-state index in [4.69, 9.17) is 14.2 Å². The summed E-state index contributed by atoms with van der Waals surface area (Å²) >= 11 is 0. The highest BCUT2D eigenvalue weighted by Gasteiger charge is 2.27. The summed E-state index contributed by atoms with van der Waals surface area (Å²) in [6.07, 6.45) is 0.552. The normalized spacial score (nSPS) is 11.2. The van der Waals surface area contributed by atoms with Gasteiger partial charge in [-0.1, -0.05) is 36.4 Å². The number of methoxy groups -OCH3 is 3. The van der Waals surface area contributed by atoms with Crippen LogP contribution in [0, 0.1) is 0 Å². The highest BCUT2D eigenvalue weighted by molar-refractivity contribution is 7.89. The fraction of sp³-hybridized carbons (Fsp3) is 0.269. The van der Waals surface area contributed by atoms with Gasteiger partial charge in [-0.15, -0.1) is 0 Å². The molecule has 9 heteroatoms. The zero-order valence-electron chi connectivity index (χ0n) is 20.1. The van der Waals surface area contributed by atoms with Gasteiger partial charge >= 0.3 is 0 Å². The average Bonchev–Trinajstić information content (AvgIpc) is 2.88. The third-order valence-corrected chi connectivity index (χ3v) is 7.21. The quantitative estimate of drug-likeness (QED) is 0.412. The van der Waals surface area contributed by atoms with E-state index in [0.717, 1.165) is 11.1 Å². The molecule has 1 amide bonds. The van der Waals surface area contributed by atoms with Gasteiger partial charge in [0.2, 0.25) is 15.9 Å². The Morgan fingerprint density at radius 1 is 0.829 bits per heavy atom. The second-order valence-electron chi connectivity index (χ2n) is 7.72. The molecule has 3 rings (SSSR count). The monoisotopic (exact) mass is 498 g/mol. The van der Waals surface area contributed by atoms with E-state index in [1.54, 1.807) is 32.4 Å². The molecule has 0 aromatic heterocycles. The Kier molecular flexibility index (Phi) is 9.11. The lowest BCUT2D eigenvalue weighted by molar-refractivity contribution is -0.121. The predicted molar refractivity (Wildman–Crippen MR) is 133 cm³/mol. The molecule has 0 saturated carbocycles. The number of carbonyl (C=O) groups is 1. The Balaban J connectivity index is 1.70. The number of hydrogen-bond acceptors (Lipinski definition) is 6. The number of nitrogens with one attached hydrogen (secondary N) is 1. The summed E-state index contributed by atoms with van der Waals surface area (Å²) in [4.78, 5) is 12.8. The molecular weight excluding hydrogens is 468 g/mol.